The van der Waals surface area contributed by atoms with Gasteiger partial charge in [-0.3, -0.25) is 9.50 Å². The van der Waals surface area contributed by atoms with Crippen LogP contribution in [-0.4, -0.2) is 42.6 Å². The second-order valence-corrected chi connectivity index (χ2v) is 9.29. The highest BCUT2D eigenvalue weighted by atomic mass is 19.4. The van der Waals surface area contributed by atoms with Gasteiger partial charge >= 0.3 is 12.4 Å². The van der Waals surface area contributed by atoms with Crippen LogP contribution >= 0.6 is 0 Å². The summed E-state index contributed by atoms with van der Waals surface area (Å²) >= 11 is 0. The van der Waals surface area contributed by atoms with Crippen molar-refractivity contribution in [1.82, 2.24) is 5.32 Å². The van der Waals surface area contributed by atoms with Crippen LogP contribution in [0.3, 0.4) is 0 Å². The molecule has 2 atom stereocenters. The van der Waals surface area contributed by atoms with Gasteiger partial charge in [-0.15, -0.1) is 0 Å². The fourth-order valence-corrected chi connectivity index (χ4v) is 3.52. The molecule has 0 aliphatic heterocycles. The summed E-state index contributed by atoms with van der Waals surface area (Å²) in [6.45, 7) is 10.9. The number of hydrogen-bond acceptors (Lipinski definition) is 2. The molecule has 0 fully saturated rings. The Balaban J connectivity index is 0. The van der Waals surface area contributed by atoms with E-state index >= 15 is 0 Å². The first-order valence-electron chi connectivity index (χ1n) is 12.3. The minimum atomic E-state index is -5.18. The number of hydrogen-bond donors (Lipinski definition) is 2. The molecule has 3 nitrogen and oxygen atoms in total. The first-order valence-corrected chi connectivity index (χ1v) is 12.3. The van der Waals surface area contributed by atoms with E-state index in [-0.39, 0.29) is 36.1 Å². The third-order valence-electron chi connectivity index (χ3n) is 5.62. The van der Waals surface area contributed by atoms with Gasteiger partial charge in [0.05, 0.1) is 5.54 Å². The van der Waals surface area contributed by atoms with Gasteiger partial charge in [0.1, 0.15) is 17.9 Å². The van der Waals surface area contributed by atoms with E-state index in [1.807, 2.05) is 0 Å². The fourth-order valence-electron chi connectivity index (χ4n) is 3.52. The van der Waals surface area contributed by atoms with Crippen molar-refractivity contribution in [2.24, 2.45) is 5.92 Å². The van der Waals surface area contributed by atoms with Crippen LogP contribution in [0.15, 0.2) is 84.5 Å². The Morgan fingerprint density at radius 3 is 1.88 bits per heavy atom. The number of nitrogens with one attached hydrogen (secondary N) is 1. The molecule has 0 aromatic heterocycles. The standard InChI is InChI=1S/C22H21F4NO.C4H4F6.C3H8O.FH/c1-3-5-15(4-2)13-22(27-14-28,17-6-8-19(23)9-7-17)18-10-16(21(25)26)11-20(24)12-18;1-2(3(5,6)7)4(8,9)10;1-3(2)4;/h3-11,14,20-21H,1-2,12-13H2,(H,27,28);2H,1H3;3-4H,1-2H3;1H/b15-5+;;;/t20?,22-;;;/m1.../s1. The van der Waals surface area contributed by atoms with Gasteiger partial charge in [-0.05, 0) is 55.7 Å². The number of aliphatic hydroxyl groups excluding tert-OH is 1. The Hall–Kier alpha value is -3.42. The van der Waals surface area contributed by atoms with Crippen LogP contribution in [0, 0.1) is 11.7 Å². The number of carbonyl (C=O) groups excluding carboxylic acids is 1. The highest BCUT2D eigenvalue weighted by Crippen LogP contribution is 2.42. The molecule has 2 rings (SSSR count). The summed E-state index contributed by atoms with van der Waals surface area (Å²) in [7, 11) is 0. The first kappa shape index (κ1) is 41.7. The van der Waals surface area contributed by atoms with Gasteiger partial charge < -0.3 is 10.4 Å². The van der Waals surface area contributed by atoms with Gasteiger partial charge in [0.25, 0.3) is 6.43 Å². The van der Waals surface area contributed by atoms with E-state index in [9.17, 15) is 48.7 Å². The van der Waals surface area contributed by atoms with E-state index in [0.717, 1.165) is 6.08 Å². The average molecular weight is 638 g/mol. The molecule has 2 N–H and O–H groups in total. The first-order chi connectivity index (χ1) is 19.2. The van der Waals surface area contributed by atoms with Gasteiger partial charge in [0.15, 0.2) is 0 Å². The molecule has 14 heteroatoms. The summed E-state index contributed by atoms with van der Waals surface area (Å²) in [5, 5.41) is 10.7. The van der Waals surface area contributed by atoms with Crippen molar-refractivity contribution >= 4 is 6.41 Å². The quantitative estimate of drug-likeness (QED) is 0.162. The van der Waals surface area contributed by atoms with E-state index < -0.39 is 47.8 Å². The number of allylic oxidation sites excluding steroid dienone is 6. The Morgan fingerprint density at radius 1 is 1.05 bits per heavy atom. The highest BCUT2D eigenvalue weighted by Gasteiger charge is 2.53. The summed E-state index contributed by atoms with van der Waals surface area (Å²) in [5.41, 5.74) is -0.476. The van der Waals surface area contributed by atoms with E-state index in [4.69, 9.17) is 5.11 Å². The molecule has 1 aromatic rings. The van der Waals surface area contributed by atoms with E-state index in [1.165, 1.54) is 42.5 Å². The Morgan fingerprint density at radius 2 is 1.53 bits per heavy atom. The van der Waals surface area contributed by atoms with Crippen LogP contribution in [0.25, 0.3) is 0 Å². The summed E-state index contributed by atoms with van der Waals surface area (Å²) in [4.78, 5) is 11.5. The second kappa shape index (κ2) is 18.3. The molecule has 1 aliphatic rings. The lowest BCUT2D eigenvalue weighted by molar-refractivity contribution is -0.278. The van der Waals surface area contributed by atoms with Gasteiger partial charge in [-0.1, -0.05) is 49.6 Å². The summed E-state index contributed by atoms with van der Waals surface area (Å²) < 4.78 is 122. The smallest absolute Gasteiger partial charge is 0.394 e. The summed E-state index contributed by atoms with van der Waals surface area (Å²) in [6, 6.07) is 5.27. The molecule has 0 radical (unpaired) electrons. The number of benzene rings is 1. The highest BCUT2D eigenvalue weighted by molar-refractivity contribution is 5.56. The molecule has 0 saturated heterocycles. The molecule has 0 bridgehead atoms. The molecule has 1 aliphatic carbocycles. The molecule has 43 heavy (non-hydrogen) atoms. The van der Waals surface area contributed by atoms with E-state index in [0.29, 0.717) is 17.5 Å². The largest absolute Gasteiger partial charge is 0.400 e. The predicted molar refractivity (Wildman–Crippen MR) is 143 cm³/mol. The topological polar surface area (TPSA) is 49.3 Å². The van der Waals surface area contributed by atoms with Gasteiger partial charge in [-0.25, -0.2) is 17.6 Å². The number of halogens is 11. The number of aliphatic hydroxyl groups is 1. The van der Waals surface area contributed by atoms with Crippen molar-refractivity contribution in [2.75, 3.05) is 0 Å². The molecule has 1 unspecified atom stereocenters. The van der Waals surface area contributed by atoms with Crippen molar-refractivity contribution in [3.63, 3.8) is 0 Å². The lowest BCUT2D eigenvalue weighted by atomic mass is 9.73. The van der Waals surface area contributed by atoms with Crippen molar-refractivity contribution in [3.8, 4) is 0 Å². The molecule has 0 heterocycles. The summed E-state index contributed by atoms with van der Waals surface area (Å²) in [5.74, 6) is -3.73. The number of alkyl halides is 9. The van der Waals surface area contributed by atoms with Crippen LogP contribution in [-0.2, 0) is 10.3 Å². The van der Waals surface area contributed by atoms with Crippen molar-refractivity contribution in [2.45, 2.75) is 70.2 Å². The third-order valence-corrected chi connectivity index (χ3v) is 5.62. The zero-order valence-electron chi connectivity index (χ0n) is 23.5. The lowest BCUT2D eigenvalue weighted by Crippen LogP contribution is -2.45. The van der Waals surface area contributed by atoms with Crippen LogP contribution in [0.5, 0.6) is 0 Å². The SMILES string of the molecule is C=C/C=C(\C=C)C[C@](NC=O)(C1=CC(C(F)F)=CC(F)C1)c1ccc(F)cc1.CC(C(F)(F)F)C(F)(F)F.CC(C)O.F. The number of rotatable bonds is 9. The molecule has 1 aromatic carbocycles. The Labute approximate surface area is 242 Å². The number of carbonyl (C=O) groups is 1. The maximum Gasteiger partial charge on any atom is 0.400 e. The van der Waals surface area contributed by atoms with Crippen molar-refractivity contribution in [3.05, 3.63) is 95.9 Å². The minimum absolute atomic E-state index is 0. The minimum Gasteiger partial charge on any atom is -0.394 e. The van der Waals surface area contributed by atoms with Gasteiger partial charge in [-0.2, -0.15) is 26.3 Å². The maximum atomic E-state index is 14.3. The molecular weight excluding hydrogens is 603 g/mol. The Kier molecular flexibility index (Phi) is 17.7. The van der Waals surface area contributed by atoms with Crippen LogP contribution in [0.1, 0.15) is 39.2 Å². The van der Waals surface area contributed by atoms with Gasteiger partial charge in [0.2, 0.25) is 6.41 Å². The fraction of sp³-hybridized carbons (Fsp3) is 0.414. The van der Waals surface area contributed by atoms with E-state index in [1.54, 1.807) is 19.9 Å². The van der Waals surface area contributed by atoms with Crippen LogP contribution < -0.4 is 5.32 Å². The molecular formula is C29H34F11NO2. The zero-order chi connectivity index (χ0) is 32.9. The Bertz CT molecular complexity index is 1090. The molecule has 244 valence electrons. The van der Waals surface area contributed by atoms with Crippen molar-refractivity contribution in [1.29, 1.82) is 0 Å². The lowest BCUT2D eigenvalue weighted by Gasteiger charge is -2.39. The average Bonchev–Trinajstić information content (AvgIpc) is 2.86. The van der Waals surface area contributed by atoms with Crippen LogP contribution in [0.4, 0.5) is 48.6 Å². The number of amides is 1. The second-order valence-electron chi connectivity index (χ2n) is 9.29. The normalized spacial score (nSPS) is 16.8. The zero-order valence-corrected chi connectivity index (χ0v) is 23.5. The van der Waals surface area contributed by atoms with Crippen molar-refractivity contribution < 1.29 is 58.5 Å². The molecule has 0 spiro atoms. The molecule has 1 amide bonds. The molecule has 0 saturated carbocycles. The monoisotopic (exact) mass is 637 g/mol. The predicted octanol–water partition coefficient (Wildman–Crippen LogP) is 8.60. The third kappa shape index (κ3) is 14.1. The van der Waals surface area contributed by atoms with Gasteiger partial charge in [0, 0.05) is 24.5 Å². The van der Waals surface area contributed by atoms with E-state index in [2.05, 4.69) is 18.5 Å². The summed E-state index contributed by atoms with van der Waals surface area (Å²) in [6.07, 6.45) is -7.91. The maximum absolute atomic E-state index is 14.3. The van der Waals surface area contributed by atoms with Crippen LogP contribution in [0.2, 0.25) is 0 Å².